The smallest absolute Gasteiger partial charge is 0.229 e. The first-order chi connectivity index (χ1) is 11.4. The molecule has 1 fully saturated rings. The van der Waals surface area contributed by atoms with Gasteiger partial charge in [0.05, 0.1) is 11.6 Å². The molecule has 1 heterocycles. The zero-order valence-electron chi connectivity index (χ0n) is 15.0. The monoisotopic (exact) mass is 363 g/mol. The Balaban J connectivity index is 0.00000225. The minimum atomic E-state index is -0.434. The van der Waals surface area contributed by atoms with Gasteiger partial charge in [-0.05, 0) is 51.8 Å². The van der Waals surface area contributed by atoms with E-state index in [-0.39, 0.29) is 24.2 Å². The summed E-state index contributed by atoms with van der Waals surface area (Å²) in [5.41, 5.74) is 8.37. The number of amides is 1. The van der Waals surface area contributed by atoms with Crippen LogP contribution < -0.4 is 11.1 Å². The third kappa shape index (κ3) is 4.22. The summed E-state index contributed by atoms with van der Waals surface area (Å²) >= 11 is 0. The molecule has 2 atom stereocenters. The molecule has 1 aromatic heterocycles. The highest BCUT2D eigenvalue weighted by atomic mass is 35.5. The lowest BCUT2D eigenvalue weighted by Crippen LogP contribution is -2.51. The van der Waals surface area contributed by atoms with Crippen molar-refractivity contribution in [1.82, 2.24) is 4.98 Å². The molecule has 5 nitrogen and oxygen atoms in total. The van der Waals surface area contributed by atoms with Crippen LogP contribution in [0.4, 0.5) is 5.69 Å². The van der Waals surface area contributed by atoms with Gasteiger partial charge in [-0.25, -0.2) is 4.98 Å². The zero-order valence-corrected chi connectivity index (χ0v) is 15.8. The van der Waals surface area contributed by atoms with E-state index in [2.05, 4.69) is 10.3 Å². The van der Waals surface area contributed by atoms with E-state index in [1.807, 2.05) is 45.0 Å². The van der Waals surface area contributed by atoms with Gasteiger partial charge in [-0.15, -0.1) is 12.4 Å². The van der Waals surface area contributed by atoms with Crippen molar-refractivity contribution < 1.29 is 9.21 Å². The number of aryl methyl sites for hydroxylation is 2. The van der Waals surface area contributed by atoms with Gasteiger partial charge in [-0.2, -0.15) is 0 Å². The average molecular weight is 364 g/mol. The number of oxazole rings is 1. The van der Waals surface area contributed by atoms with Gasteiger partial charge >= 0.3 is 0 Å². The van der Waals surface area contributed by atoms with Crippen molar-refractivity contribution in [2.75, 3.05) is 5.32 Å². The first-order valence-corrected chi connectivity index (χ1v) is 8.51. The summed E-state index contributed by atoms with van der Waals surface area (Å²) < 4.78 is 5.67. The molecule has 2 aromatic rings. The molecule has 25 heavy (non-hydrogen) atoms. The molecule has 3 N–H and O–H groups in total. The molecule has 1 aliphatic rings. The van der Waals surface area contributed by atoms with E-state index in [1.54, 1.807) is 0 Å². The van der Waals surface area contributed by atoms with Gasteiger partial charge in [0.15, 0.2) is 0 Å². The Morgan fingerprint density at radius 1 is 1.36 bits per heavy atom. The highest BCUT2D eigenvalue weighted by molar-refractivity contribution is 5.94. The van der Waals surface area contributed by atoms with Crippen LogP contribution >= 0.6 is 12.4 Å². The Morgan fingerprint density at radius 2 is 2.12 bits per heavy atom. The first kappa shape index (κ1) is 19.5. The fourth-order valence-electron chi connectivity index (χ4n) is 3.34. The van der Waals surface area contributed by atoms with E-state index >= 15 is 0 Å². The Morgan fingerprint density at radius 3 is 2.76 bits per heavy atom. The molecule has 1 aliphatic carbocycles. The molecule has 1 saturated carbocycles. The quantitative estimate of drug-likeness (QED) is 0.855. The molecule has 0 saturated heterocycles. The van der Waals surface area contributed by atoms with Crippen LogP contribution in [0.15, 0.2) is 28.7 Å². The number of benzene rings is 1. The Bertz CT molecular complexity index is 735. The number of halogens is 1. The number of nitrogens with zero attached hydrogens (tertiary/aromatic N) is 1. The predicted molar refractivity (Wildman–Crippen MR) is 102 cm³/mol. The summed E-state index contributed by atoms with van der Waals surface area (Å²) in [6.07, 6.45) is 3.88. The molecule has 3 rings (SSSR count). The average Bonchev–Trinajstić information content (AvgIpc) is 2.86. The number of anilines is 1. The maximum atomic E-state index is 12.7. The van der Waals surface area contributed by atoms with Crippen LogP contribution in [0.2, 0.25) is 0 Å². The standard InChI is InChI=1S/C19H25N3O2.ClH/c1-12-13(2)24-18(21-12)14-7-6-8-15(11-14)22-17(23)16-9-4-5-10-19(16,3)20;/h6-8,11,16H,4-5,9-10,20H2,1-3H3,(H,22,23);1H. The highest BCUT2D eigenvalue weighted by Crippen LogP contribution is 2.33. The lowest BCUT2D eigenvalue weighted by atomic mass is 9.74. The molecule has 136 valence electrons. The number of nitrogens with one attached hydrogen (secondary N) is 1. The summed E-state index contributed by atoms with van der Waals surface area (Å²) in [7, 11) is 0. The third-order valence-corrected chi connectivity index (χ3v) is 4.98. The van der Waals surface area contributed by atoms with Crippen LogP contribution in [0, 0.1) is 19.8 Å². The van der Waals surface area contributed by atoms with Crippen LogP contribution in [0.3, 0.4) is 0 Å². The minimum absolute atomic E-state index is 0. The van der Waals surface area contributed by atoms with Crippen molar-refractivity contribution in [3.8, 4) is 11.5 Å². The summed E-state index contributed by atoms with van der Waals surface area (Å²) in [5.74, 6) is 1.22. The summed E-state index contributed by atoms with van der Waals surface area (Å²) in [6, 6.07) is 7.58. The molecule has 0 radical (unpaired) electrons. The highest BCUT2D eigenvalue weighted by Gasteiger charge is 2.37. The fourth-order valence-corrected chi connectivity index (χ4v) is 3.34. The fraction of sp³-hybridized carbons (Fsp3) is 0.474. The molecule has 0 aliphatic heterocycles. The number of carbonyl (C=O) groups is 1. The topological polar surface area (TPSA) is 81.2 Å². The number of hydrogen-bond donors (Lipinski definition) is 2. The van der Waals surface area contributed by atoms with Gasteiger partial charge in [0.1, 0.15) is 5.76 Å². The normalized spacial score (nSPS) is 23.0. The van der Waals surface area contributed by atoms with E-state index in [0.717, 1.165) is 48.4 Å². The maximum Gasteiger partial charge on any atom is 0.229 e. The van der Waals surface area contributed by atoms with Crippen LogP contribution in [0.5, 0.6) is 0 Å². The van der Waals surface area contributed by atoms with Crippen LogP contribution in [0.1, 0.15) is 44.1 Å². The van der Waals surface area contributed by atoms with Crippen molar-refractivity contribution in [3.63, 3.8) is 0 Å². The van der Waals surface area contributed by atoms with Crippen LogP contribution in [-0.2, 0) is 4.79 Å². The molecule has 0 spiro atoms. The van der Waals surface area contributed by atoms with Gasteiger partial charge in [0.2, 0.25) is 11.8 Å². The Hall–Kier alpha value is -1.85. The van der Waals surface area contributed by atoms with E-state index in [0.29, 0.717) is 5.89 Å². The lowest BCUT2D eigenvalue weighted by Gasteiger charge is -2.37. The number of hydrogen-bond acceptors (Lipinski definition) is 4. The molecule has 2 unspecified atom stereocenters. The number of rotatable bonds is 3. The van der Waals surface area contributed by atoms with E-state index < -0.39 is 5.54 Å². The molecule has 1 aromatic carbocycles. The third-order valence-electron chi connectivity index (χ3n) is 4.98. The summed E-state index contributed by atoms with van der Waals surface area (Å²) in [6.45, 7) is 5.78. The molecule has 1 amide bonds. The minimum Gasteiger partial charge on any atom is -0.441 e. The van der Waals surface area contributed by atoms with Crippen molar-refractivity contribution >= 4 is 24.0 Å². The maximum absolute atomic E-state index is 12.7. The second-order valence-corrected chi connectivity index (χ2v) is 7.03. The van der Waals surface area contributed by atoms with E-state index in [9.17, 15) is 4.79 Å². The second-order valence-electron chi connectivity index (χ2n) is 7.03. The Kier molecular flexibility index (Phi) is 5.91. The molecular formula is C19H26ClN3O2. The van der Waals surface area contributed by atoms with Gasteiger partial charge < -0.3 is 15.5 Å². The first-order valence-electron chi connectivity index (χ1n) is 8.51. The van der Waals surface area contributed by atoms with E-state index in [1.165, 1.54) is 0 Å². The zero-order chi connectivity index (χ0) is 17.3. The van der Waals surface area contributed by atoms with Crippen LogP contribution in [0.25, 0.3) is 11.5 Å². The summed E-state index contributed by atoms with van der Waals surface area (Å²) in [5, 5.41) is 3.01. The SMILES string of the molecule is Cc1nc(-c2cccc(NC(=O)C3CCCCC3(C)N)c2)oc1C.Cl. The van der Waals surface area contributed by atoms with E-state index in [4.69, 9.17) is 10.2 Å². The Labute approximate surface area is 154 Å². The van der Waals surface area contributed by atoms with Gasteiger partial charge in [0, 0.05) is 16.8 Å². The van der Waals surface area contributed by atoms with Crippen LogP contribution in [-0.4, -0.2) is 16.4 Å². The molecule has 0 bridgehead atoms. The van der Waals surface area contributed by atoms with Gasteiger partial charge in [-0.3, -0.25) is 4.79 Å². The summed E-state index contributed by atoms with van der Waals surface area (Å²) in [4.78, 5) is 17.1. The number of aromatic nitrogens is 1. The number of carbonyl (C=O) groups excluding carboxylic acids is 1. The second kappa shape index (κ2) is 7.58. The lowest BCUT2D eigenvalue weighted by molar-refractivity contribution is -0.122. The number of nitrogens with two attached hydrogens (primary N) is 1. The molecule has 6 heteroatoms. The molecular weight excluding hydrogens is 338 g/mol. The van der Waals surface area contributed by atoms with Crippen molar-refractivity contribution in [2.24, 2.45) is 11.7 Å². The van der Waals surface area contributed by atoms with Crippen molar-refractivity contribution in [3.05, 3.63) is 35.7 Å². The van der Waals surface area contributed by atoms with Crippen molar-refractivity contribution in [2.45, 2.75) is 52.0 Å². The van der Waals surface area contributed by atoms with Gasteiger partial charge in [0.25, 0.3) is 0 Å². The van der Waals surface area contributed by atoms with Crippen molar-refractivity contribution in [1.29, 1.82) is 0 Å². The van der Waals surface area contributed by atoms with Gasteiger partial charge in [-0.1, -0.05) is 18.9 Å². The predicted octanol–water partition coefficient (Wildman–Crippen LogP) is 4.23. The largest absolute Gasteiger partial charge is 0.441 e.